The van der Waals surface area contributed by atoms with Gasteiger partial charge in [0.15, 0.2) is 0 Å². The minimum Gasteiger partial charge on any atom is -0.265 e. The van der Waals surface area contributed by atoms with Crippen LogP contribution >= 0.6 is 0 Å². The van der Waals surface area contributed by atoms with E-state index in [9.17, 15) is 4.39 Å². The van der Waals surface area contributed by atoms with E-state index < -0.39 is 0 Å². The molecule has 0 aliphatic carbocycles. The highest BCUT2D eigenvalue weighted by Crippen LogP contribution is 2.25. The van der Waals surface area contributed by atoms with Crippen LogP contribution in [0.4, 0.5) is 4.39 Å². The Kier molecular flexibility index (Phi) is 3.61. The van der Waals surface area contributed by atoms with Gasteiger partial charge in [0.1, 0.15) is 5.82 Å². The number of benzene rings is 2. The molecule has 2 heteroatoms. The third-order valence-corrected chi connectivity index (χ3v) is 3.44. The van der Waals surface area contributed by atoms with E-state index in [-0.39, 0.29) is 5.82 Å². The van der Waals surface area contributed by atoms with Gasteiger partial charge in [-0.1, -0.05) is 43.0 Å². The highest BCUT2D eigenvalue weighted by molar-refractivity contribution is 5.79. The van der Waals surface area contributed by atoms with Gasteiger partial charge < -0.3 is 0 Å². The van der Waals surface area contributed by atoms with E-state index in [2.05, 4.69) is 23.7 Å². The summed E-state index contributed by atoms with van der Waals surface area (Å²) in [6.45, 7) is 4.09. The smallest absolute Gasteiger partial charge is 0.123 e. The highest BCUT2D eigenvalue weighted by atomic mass is 19.1. The maximum atomic E-state index is 13.0. The SMILES string of the molecule is C=C(c1ccc(F)cc1)c1ccc(-c2ccncc2)cc1. The van der Waals surface area contributed by atoms with Crippen LogP contribution in [0, 0.1) is 5.82 Å². The summed E-state index contributed by atoms with van der Waals surface area (Å²) in [4.78, 5) is 4.02. The molecule has 0 atom stereocenters. The van der Waals surface area contributed by atoms with Gasteiger partial charge in [0.2, 0.25) is 0 Å². The van der Waals surface area contributed by atoms with Gasteiger partial charge in [-0.25, -0.2) is 4.39 Å². The summed E-state index contributed by atoms with van der Waals surface area (Å²) < 4.78 is 13.0. The van der Waals surface area contributed by atoms with Crippen molar-refractivity contribution in [1.29, 1.82) is 0 Å². The average molecular weight is 275 g/mol. The van der Waals surface area contributed by atoms with Gasteiger partial charge in [-0.2, -0.15) is 0 Å². The van der Waals surface area contributed by atoms with Gasteiger partial charge >= 0.3 is 0 Å². The summed E-state index contributed by atoms with van der Waals surface area (Å²) in [7, 11) is 0. The zero-order valence-corrected chi connectivity index (χ0v) is 11.5. The van der Waals surface area contributed by atoms with Crippen LogP contribution in [-0.2, 0) is 0 Å². The lowest BCUT2D eigenvalue weighted by molar-refractivity contribution is 0.627. The maximum absolute atomic E-state index is 13.0. The Hall–Kier alpha value is -2.74. The molecule has 1 nitrogen and oxygen atoms in total. The first-order valence-electron chi connectivity index (χ1n) is 6.70. The minimum absolute atomic E-state index is 0.236. The summed E-state index contributed by atoms with van der Waals surface area (Å²) >= 11 is 0. The summed E-state index contributed by atoms with van der Waals surface area (Å²) in [6.07, 6.45) is 3.56. The topological polar surface area (TPSA) is 12.9 Å². The number of pyridine rings is 1. The molecule has 0 aliphatic rings. The van der Waals surface area contributed by atoms with Gasteiger partial charge in [-0.15, -0.1) is 0 Å². The van der Waals surface area contributed by atoms with Crippen molar-refractivity contribution in [2.45, 2.75) is 0 Å². The van der Waals surface area contributed by atoms with Crippen molar-refractivity contribution in [3.8, 4) is 11.1 Å². The molecule has 0 N–H and O–H groups in total. The molecule has 0 radical (unpaired) electrons. The van der Waals surface area contributed by atoms with Crippen LogP contribution in [0.5, 0.6) is 0 Å². The van der Waals surface area contributed by atoms with Crippen LogP contribution < -0.4 is 0 Å². The normalized spacial score (nSPS) is 10.3. The summed E-state index contributed by atoms with van der Waals surface area (Å²) in [6, 6.07) is 18.5. The number of nitrogens with zero attached hydrogens (tertiary/aromatic N) is 1. The first-order valence-corrected chi connectivity index (χ1v) is 6.70. The molecule has 0 spiro atoms. The molecule has 3 aromatic rings. The largest absolute Gasteiger partial charge is 0.265 e. The maximum Gasteiger partial charge on any atom is 0.123 e. The van der Waals surface area contributed by atoms with Crippen molar-refractivity contribution < 1.29 is 4.39 Å². The van der Waals surface area contributed by atoms with Crippen LogP contribution in [0.1, 0.15) is 11.1 Å². The fourth-order valence-corrected chi connectivity index (χ4v) is 2.23. The quantitative estimate of drug-likeness (QED) is 0.659. The van der Waals surface area contributed by atoms with Crippen molar-refractivity contribution in [2.24, 2.45) is 0 Å². The van der Waals surface area contributed by atoms with Crippen LogP contribution in [0.25, 0.3) is 16.7 Å². The lowest BCUT2D eigenvalue weighted by Gasteiger charge is -2.08. The summed E-state index contributed by atoms with van der Waals surface area (Å²) in [5.74, 6) is -0.236. The van der Waals surface area contributed by atoms with Crippen LogP contribution in [-0.4, -0.2) is 4.98 Å². The molecule has 3 rings (SSSR count). The Balaban J connectivity index is 1.87. The average Bonchev–Trinajstić information content (AvgIpc) is 2.56. The van der Waals surface area contributed by atoms with E-state index in [1.807, 2.05) is 24.3 Å². The van der Waals surface area contributed by atoms with Crippen LogP contribution in [0.2, 0.25) is 0 Å². The van der Waals surface area contributed by atoms with E-state index in [0.29, 0.717) is 0 Å². The zero-order chi connectivity index (χ0) is 14.7. The van der Waals surface area contributed by atoms with Crippen molar-refractivity contribution in [2.75, 3.05) is 0 Å². The van der Waals surface area contributed by atoms with Crippen molar-refractivity contribution in [3.05, 3.63) is 96.6 Å². The van der Waals surface area contributed by atoms with E-state index >= 15 is 0 Å². The molecule has 0 amide bonds. The van der Waals surface area contributed by atoms with Crippen LogP contribution in [0.15, 0.2) is 79.6 Å². The Morgan fingerprint density at radius 3 is 1.76 bits per heavy atom. The van der Waals surface area contributed by atoms with Gasteiger partial charge in [0, 0.05) is 12.4 Å². The molecule has 0 bridgehead atoms. The van der Waals surface area contributed by atoms with E-state index in [4.69, 9.17) is 0 Å². The van der Waals surface area contributed by atoms with E-state index in [1.54, 1.807) is 24.5 Å². The summed E-state index contributed by atoms with van der Waals surface area (Å²) in [5, 5.41) is 0. The number of halogens is 1. The molecule has 102 valence electrons. The van der Waals surface area contributed by atoms with Crippen molar-refractivity contribution in [1.82, 2.24) is 4.98 Å². The van der Waals surface area contributed by atoms with Crippen LogP contribution in [0.3, 0.4) is 0 Å². The second-order valence-corrected chi connectivity index (χ2v) is 4.80. The number of hydrogen-bond acceptors (Lipinski definition) is 1. The lowest BCUT2D eigenvalue weighted by Crippen LogP contribution is -1.87. The standard InChI is InChI=1S/C19H14FN/c1-14(16-6-8-19(20)9-7-16)15-2-4-17(5-3-15)18-10-12-21-13-11-18/h2-13H,1H2. The van der Waals surface area contributed by atoms with Gasteiger partial charge in [-0.05, 0) is 52.1 Å². The van der Waals surface area contributed by atoms with E-state index in [1.165, 1.54) is 12.1 Å². The first-order chi connectivity index (χ1) is 10.2. The second-order valence-electron chi connectivity index (χ2n) is 4.80. The monoisotopic (exact) mass is 275 g/mol. The molecule has 0 saturated carbocycles. The van der Waals surface area contributed by atoms with E-state index in [0.717, 1.165) is 27.8 Å². The van der Waals surface area contributed by atoms with Crippen molar-refractivity contribution >= 4 is 5.57 Å². The molecule has 0 saturated heterocycles. The molecule has 1 aromatic heterocycles. The predicted molar refractivity (Wildman–Crippen MR) is 84.2 cm³/mol. The molecular weight excluding hydrogens is 261 g/mol. The molecule has 21 heavy (non-hydrogen) atoms. The molecule has 2 aromatic carbocycles. The number of hydrogen-bond donors (Lipinski definition) is 0. The Morgan fingerprint density at radius 1 is 0.714 bits per heavy atom. The minimum atomic E-state index is -0.236. The molecule has 1 heterocycles. The second kappa shape index (κ2) is 5.71. The summed E-state index contributed by atoms with van der Waals surface area (Å²) in [5.41, 5.74) is 5.10. The Bertz CT molecular complexity index is 744. The number of aromatic nitrogens is 1. The first kappa shape index (κ1) is 13.3. The lowest BCUT2D eigenvalue weighted by atomic mass is 9.97. The molecule has 0 aliphatic heterocycles. The Labute approximate surface area is 123 Å². The Morgan fingerprint density at radius 2 is 1.19 bits per heavy atom. The fraction of sp³-hybridized carbons (Fsp3) is 0. The van der Waals surface area contributed by atoms with Gasteiger partial charge in [0.05, 0.1) is 0 Å². The molecule has 0 fully saturated rings. The molecule has 0 unspecified atom stereocenters. The van der Waals surface area contributed by atoms with Gasteiger partial charge in [0.25, 0.3) is 0 Å². The highest BCUT2D eigenvalue weighted by Gasteiger charge is 2.03. The molecular formula is C19H14FN. The van der Waals surface area contributed by atoms with Gasteiger partial charge in [-0.3, -0.25) is 4.98 Å². The third-order valence-electron chi connectivity index (χ3n) is 3.44. The number of rotatable bonds is 3. The van der Waals surface area contributed by atoms with Crippen molar-refractivity contribution in [3.63, 3.8) is 0 Å². The fourth-order valence-electron chi connectivity index (χ4n) is 2.23. The zero-order valence-electron chi connectivity index (χ0n) is 11.5. The third kappa shape index (κ3) is 2.90. The predicted octanol–water partition coefficient (Wildman–Crippen LogP) is 4.95.